The van der Waals surface area contributed by atoms with E-state index in [1.165, 1.54) is 29.6 Å². The van der Waals surface area contributed by atoms with E-state index in [0.717, 1.165) is 29.6 Å². The van der Waals surface area contributed by atoms with Gasteiger partial charge < -0.3 is 9.47 Å². The zero-order valence-corrected chi connectivity index (χ0v) is 17.7. The first-order valence-electron chi connectivity index (χ1n) is 9.21. The SMILES string of the molecule is COc1cc(F)c(CN2C(=O)N(c3ccc(C)c(OC)n3)Sc3cccnc32)c(F)c1. The Labute approximate surface area is 181 Å². The van der Waals surface area contributed by atoms with Crippen molar-refractivity contribution in [3.8, 4) is 11.6 Å². The number of hydrogen-bond donors (Lipinski definition) is 0. The Morgan fingerprint density at radius 1 is 1.10 bits per heavy atom. The topological polar surface area (TPSA) is 67.8 Å². The zero-order chi connectivity index (χ0) is 22.1. The number of rotatable bonds is 5. The molecule has 10 heteroatoms. The van der Waals surface area contributed by atoms with Crippen LogP contribution in [0.3, 0.4) is 0 Å². The van der Waals surface area contributed by atoms with Crippen molar-refractivity contribution in [2.45, 2.75) is 18.4 Å². The van der Waals surface area contributed by atoms with Crippen LogP contribution in [0.25, 0.3) is 0 Å². The third kappa shape index (κ3) is 3.86. The standard InChI is InChI=1S/C21H18F2N4O3S/c1-12-6-7-18(25-20(12)30-3)27-21(28)26(19-17(31-27)5-4-8-24-19)11-14-15(22)9-13(29-2)10-16(14)23/h4-10H,11H2,1-3H3. The van der Waals surface area contributed by atoms with Crippen molar-refractivity contribution in [1.29, 1.82) is 0 Å². The van der Waals surface area contributed by atoms with E-state index in [-0.39, 0.29) is 17.9 Å². The lowest BCUT2D eigenvalue weighted by molar-refractivity contribution is 0.253. The first kappa shape index (κ1) is 20.9. The van der Waals surface area contributed by atoms with E-state index in [0.29, 0.717) is 22.4 Å². The monoisotopic (exact) mass is 444 g/mol. The maximum atomic E-state index is 14.6. The van der Waals surface area contributed by atoms with E-state index in [2.05, 4.69) is 9.97 Å². The summed E-state index contributed by atoms with van der Waals surface area (Å²) >= 11 is 1.13. The van der Waals surface area contributed by atoms with Gasteiger partial charge in [-0.15, -0.1) is 0 Å². The number of carbonyl (C=O) groups is 1. The number of amides is 2. The lowest BCUT2D eigenvalue weighted by Crippen LogP contribution is -2.44. The third-order valence-corrected chi connectivity index (χ3v) is 5.75. The minimum absolute atomic E-state index is 0.0513. The number of aryl methyl sites for hydroxylation is 1. The summed E-state index contributed by atoms with van der Waals surface area (Å²) < 4.78 is 40.7. The Morgan fingerprint density at radius 3 is 2.52 bits per heavy atom. The van der Waals surface area contributed by atoms with Crippen molar-refractivity contribution >= 4 is 29.6 Å². The van der Waals surface area contributed by atoms with Crippen LogP contribution in [0.15, 0.2) is 47.5 Å². The van der Waals surface area contributed by atoms with Crippen LogP contribution in [-0.2, 0) is 6.54 Å². The molecule has 0 saturated carbocycles. The summed E-state index contributed by atoms with van der Waals surface area (Å²) in [6, 6.07) is 8.55. The van der Waals surface area contributed by atoms with Gasteiger partial charge >= 0.3 is 6.03 Å². The van der Waals surface area contributed by atoms with Crippen molar-refractivity contribution < 1.29 is 23.0 Å². The van der Waals surface area contributed by atoms with Crippen LogP contribution in [0.4, 0.5) is 25.2 Å². The first-order chi connectivity index (χ1) is 14.9. The van der Waals surface area contributed by atoms with Crippen molar-refractivity contribution in [3.63, 3.8) is 0 Å². The summed E-state index contributed by atoms with van der Waals surface area (Å²) in [6.45, 7) is 1.48. The van der Waals surface area contributed by atoms with Crippen LogP contribution in [-0.4, -0.2) is 30.2 Å². The van der Waals surface area contributed by atoms with Crippen molar-refractivity contribution in [1.82, 2.24) is 9.97 Å². The number of pyridine rings is 2. The predicted octanol–water partition coefficient (Wildman–Crippen LogP) is 4.73. The molecule has 2 amide bonds. The van der Waals surface area contributed by atoms with E-state index < -0.39 is 17.7 Å². The molecular formula is C21H18F2N4O3S. The summed E-state index contributed by atoms with van der Waals surface area (Å²) in [7, 11) is 2.81. The summed E-state index contributed by atoms with van der Waals surface area (Å²) in [6.07, 6.45) is 1.52. The molecule has 0 bridgehead atoms. The maximum Gasteiger partial charge on any atom is 0.342 e. The van der Waals surface area contributed by atoms with Gasteiger partial charge in [0.1, 0.15) is 17.4 Å². The molecule has 0 fully saturated rings. The fourth-order valence-corrected chi connectivity index (χ4v) is 4.06. The molecule has 3 aromatic rings. The summed E-state index contributed by atoms with van der Waals surface area (Å²) in [4.78, 5) is 23.9. The van der Waals surface area contributed by atoms with Crippen LogP contribution in [0.5, 0.6) is 11.6 Å². The molecular weight excluding hydrogens is 426 g/mol. The number of carbonyl (C=O) groups excluding carboxylic acids is 1. The number of aromatic nitrogens is 2. The van der Waals surface area contributed by atoms with Gasteiger partial charge in [0.25, 0.3) is 0 Å². The molecule has 4 rings (SSSR count). The second-order valence-electron chi connectivity index (χ2n) is 6.64. The third-order valence-electron chi connectivity index (χ3n) is 4.70. The minimum Gasteiger partial charge on any atom is -0.497 e. The summed E-state index contributed by atoms with van der Waals surface area (Å²) in [5, 5.41) is 0. The molecule has 0 saturated heterocycles. The van der Waals surface area contributed by atoms with Gasteiger partial charge in [-0.1, -0.05) is 6.07 Å². The van der Waals surface area contributed by atoms with Gasteiger partial charge in [-0.05, 0) is 25.1 Å². The minimum atomic E-state index is -0.818. The van der Waals surface area contributed by atoms with Crippen molar-refractivity contribution in [2.75, 3.05) is 23.4 Å². The molecule has 3 heterocycles. The Kier molecular flexibility index (Phi) is 5.64. The number of halogens is 2. The van der Waals surface area contributed by atoms with Crippen LogP contribution in [0, 0.1) is 18.6 Å². The van der Waals surface area contributed by atoms with Gasteiger partial charge in [0.15, 0.2) is 11.6 Å². The molecule has 0 spiro atoms. The zero-order valence-electron chi connectivity index (χ0n) is 16.9. The Bertz CT molecular complexity index is 1140. The van der Waals surface area contributed by atoms with Crippen LogP contribution < -0.4 is 18.7 Å². The molecule has 0 radical (unpaired) electrons. The van der Waals surface area contributed by atoms with E-state index in [4.69, 9.17) is 9.47 Å². The number of benzene rings is 1. The van der Waals surface area contributed by atoms with Gasteiger partial charge in [-0.3, -0.25) is 4.90 Å². The number of ether oxygens (including phenoxy) is 2. The molecule has 7 nitrogen and oxygen atoms in total. The summed E-state index contributed by atoms with van der Waals surface area (Å²) in [5.74, 6) is -0.573. The molecule has 31 heavy (non-hydrogen) atoms. The fourth-order valence-electron chi connectivity index (χ4n) is 3.11. The van der Waals surface area contributed by atoms with Crippen molar-refractivity contribution in [3.05, 3.63) is 65.4 Å². The van der Waals surface area contributed by atoms with Gasteiger partial charge in [-0.2, -0.15) is 4.98 Å². The maximum absolute atomic E-state index is 14.6. The first-order valence-corrected chi connectivity index (χ1v) is 9.98. The highest BCUT2D eigenvalue weighted by atomic mass is 32.2. The van der Waals surface area contributed by atoms with Crippen LogP contribution in [0.2, 0.25) is 0 Å². The van der Waals surface area contributed by atoms with E-state index in [9.17, 15) is 13.6 Å². The Morgan fingerprint density at radius 2 is 1.84 bits per heavy atom. The number of methoxy groups -OCH3 is 2. The average molecular weight is 444 g/mol. The highest BCUT2D eigenvalue weighted by Gasteiger charge is 2.35. The molecule has 160 valence electrons. The number of hydrogen-bond acceptors (Lipinski definition) is 6. The van der Waals surface area contributed by atoms with E-state index in [1.54, 1.807) is 24.3 Å². The fraction of sp³-hybridized carbons (Fsp3) is 0.190. The number of urea groups is 1. The summed E-state index contributed by atoms with van der Waals surface area (Å²) in [5.41, 5.74) is 0.536. The molecule has 0 N–H and O–H groups in total. The van der Waals surface area contributed by atoms with E-state index >= 15 is 0 Å². The Balaban J connectivity index is 1.76. The quantitative estimate of drug-likeness (QED) is 0.530. The second kappa shape index (κ2) is 8.38. The average Bonchev–Trinajstić information content (AvgIpc) is 2.77. The number of fused-ring (bicyclic) bond motifs is 1. The van der Waals surface area contributed by atoms with Crippen LogP contribution in [0.1, 0.15) is 11.1 Å². The van der Waals surface area contributed by atoms with Crippen molar-refractivity contribution in [2.24, 2.45) is 0 Å². The predicted molar refractivity (Wildman–Crippen MR) is 113 cm³/mol. The van der Waals surface area contributed by atoms with Gasteiger partial charge in [-0.25, -0.2) is 22.9 Å². The molecule has 0 aliphatic carbocycles. The number of anilines is 2. The normalized spacial score (nSPS) is 13.3. The molecule has 1 aliphatic rings. The van der Waals surface area contributed by atoms with Gasteiger partial charge in [0, 0.05) is 41.4 Å². The number of nitrogens with zero attached hydrogens (tertiary/aromatic N) is 4. The molecule has 0 atom stereocenters. The van der Waals surface area contributed by atoms with Gasteiger partial charge in [0.05, 0.1) is 25.7 Å². The van der Waals surface area contributed by atoms with Crippen LogP contribution >= 0.6 is 11.9 Å². The highest BCUT2D eigenvalue weighted by molar-refractivity contribution is 8.01. The van der Waals surface area contributed by atoms with E-state index in [1.807, 2.05) is 6.92 Å². The largest absolute Gasteiger partial charge is 0.497 e. The molecule has 0 unspecified atom stereocenters. The lowest BCUT2D eigenvalue weighted by Gasteiger charge is -2.34. The molecule has 1 aromatic carbocycles. The smallest absolute Gasteiger partial charge is 0.342 e. The lowest BCUT2D eigenvalue weighted by atomic mass is 10.1. The second-order valence-corrected chi connectivity index (χ2v) is 7.63. The Hall–Kier alpha value is -3.40. The molecule has 1 aliphatic heterocycles. The molecule has 2 aromatic heterocycles. The highest BCUT2D eigenvalue weighted by Crippen LogP contribution is 2.41. The van der Waals surface area contributed by atoms with Gasteiger partial charge in [0.2, 0.25) is 5.88 Å².